The summed E-state index contributed by atoms with van der Waals surface area (Å²) in [6.07, 6.45) is 7.38. The first-order valence-electron chi connectivity index (χ1n) is 10.3. The van der Waals surface area contributed by atoms with Gasteiger partial charge in [-0.1, -0.05) is 23.9 Å². The summed E-state index contributed by atoms with van der Waals surface area (Å²) in [6, 6.07) is 7.72. The third-order valence-electron chi connectivity index (χ3n) is 6.80. The Morgan fingerprint density at radius 2 is 1.86 bits per heavy atom. The second-order valence-corrected chi connectivity index (χ2v) is 9.63. The minimum atomic E-state index is -0.0662. The van der Waals surface area contributed by atoms with Gasteiger partial charge in [-0.05, 0) is 85.8 Å². The van der Waals surface area contributed by atoms with Crippen LogP contribution in [0.3, 0.4) is 0 Å². The molecule has 4 bridgehead atoms. The van der Waals surface area contributed by atoms with Gasteiger partial charge >= 0.3 is 0 Å². The molecule has 28 heavy (non-hydrogen) atoms. The molecule has 6 nitrogen and oxygen atoms in total. The number of thioether (sulfide) groups is 1. The summed E-state index contributed by atoms with van der Waals surface area (Å²) in [5.41, 5.74) is 0.739. The number of para-hydroxylation sites is 2. The summed E-state index contributed by atoms with van der Waals surface area (Å²) in [6.45, 7) is 2.53. The minimum Gasteiger partial charge on any atom is -0.492 e. The van der Waals surface area contributed by atoms with Crippen LogP contribution in [-0.4, -0.2) is 38.4 Å². The zero-order valence-electron chi connectivity index (χ0n) is 16.2. The maximum Gasteiger partial charge on any atom is 0.214 e. The number of rotatable bonds is 7. The molecule has 1 aromatic heterocycles. The SMILES string of the molecule is CCOc1ccccc1-n1nnnc1SCC(=O)C12CC3CC(CC(C3)C1)C2. The van der Waals surface area contributed by atoms with Crippen molar-refractivity contribution in [3.05, 3.63) is 24.3 Å². The molecule has 4 saturated carbocycles. The molecular formula is C21H26N4O2S. The molecule has 0 spiro atoms. The number of tetrazole rings is 1. The number of ether oxygens (including phenoxy) is 1. The second kappa shape index (κ2) is 7.17. The Bertz CT molecular complexity index is 846. The van der Waals surface area contributed by atoms with Crippen LogP contribution in [0.25, 0.3) is 5.69 Å². The number of hydrogen-bond acceptors (Lipinski definition) is 6. The molecule has 0 saturated heterocycles. The summed E-state index contributed by atoms with van der Waals surface area (Å²) in [5, 5.41) is 12.8. The molecule has 4 fully saturated rings. The Morgan fingerprint density at radius 1 is 1.18 bits per heavy atom. The quantitative estimate of drug-likeness (QED) is 0.658. The predicted molar refractivity (Wildman–Crippen MR) is 107 cm³/mol. The van der Waals surface area contributed by atoms with E-state index in [-0.39, 0.29) is 5.41 Å². The number of carbonyl (C=O) groups is 1. The molecule has 0 N–H and O–H groups in total. The predicted octanol–water partition coefficient (Wildman–Crippen LogP) is 3.94. The van der Waals surface area contributed by atoms with Crippen LogP contribution >= 0.6 is 11.8 Å². The van der Waals surface area contributed by atoms with E-state index in [0.717, 1.165) is 48.5 Å². The van der Waals surface area contributed by atoms with E-state index in [1.807, 2.05) is 31.2 Å². The lowest BCUT2D eigenvalue weighted by Gasteiger charge is -2.56. The van der Waals surface area contributed by atoms with Crippen molar-refractivity contribution in [3.63, 3.8) is 0 Å². The van der Waals surface area contributed by atoms with Crippen molar-refractivity contribution in [3.8, 4) is 11.4 Å². The van der Waals surface area contributed by atoms with Crippen molar-refractivity contribution in [2.75, 3.05) is 12.4 Å². The van der Waals surface area contributed by atoms with Crippen LogP contribution < -0.4 is 4.74 Å². The molecule has 1 aromatic carbocycles. The van der Waals surface area contributed by atoms with Crippen LogP contribution in [0.15, 0.2) is 29.4 Å². The smallest absolute Gasteiger partial charge is 0.214 e. The molecule has 0 aliphatic heterocycles. The highest BCUT2D eigenvalue weighted by Crippen LogP contribution is 2.60. The van der Waals surface area contributed by atoms with Crippen molar-refractivity contribution in [2.45, 2.75) is 50.6 Å². The van der Waals surface area contributed by atoms with Gasteiger partial charge in [-0.2, -0.15) is 4.68 Å². The molecule has 0 unspecified atom stereocenters. The van der Waals surface area contributed by atoms with Crippen molar-refractivity contribution < 1.29 is 9.53 Å². The van der Waals surface area contributed by atoms with Crippen molar-refractivity contribution >= 4 is 17.5 Å². The van der Waals surface area contributed by atoms with E-state index in [4.69, 9.17) is 4.74 Å². The van der Waals surface area contributed by atoms with Crippen LogP contribution in [0.2, 0.25) is 0 Å². The lowest BCUT2D eigenvalue weighted by molar-refractivity contribution is -0.141. The van der Waals surface area contributed by atoms with Gasteiger partial charge in [0.1, 0.15) is 17.2 Å². The van der Waals surface area contributed by atoms with Gasteiger partial charge in [0.15, 0.2) is 0 Å². The zero-order chi connectivity index (χ0) is 19.1. The average molecular weight is 399 g/mol. The van der Waals surface area contributed by atoms with Crippen LogP contribution in [0.5, 0.6) is 5.75 Å². The fourth-order valence-corrected chi connectivity index (χ4v) is 6.98. The normalized spacial score (nSPS) is 30.5. The maximum atomic E-state index is 13.3. The fraction of sp³-hybridized carbons (Fsp3) is 0.619. The van der Waals surface area contributed by atoms with Crippen molar-refractivity contribution in [1.29, 1.82) is 0 Å². The van der Waals surface area contributed by atoms with E-state index in [2.05, 4.69) is 15.5 Å². The fourth-order valence-electron chi connectivity index (χ4n) is 6.07. The first-order valence-corrected chi connectivity index (χ1v) is 11.3. The van der Waals surface area contributed by atoms with Gasteiger partial charge in [0, 0.05) is 5.41 Å². The Kier molecular flexibility index (Phi) is 4.65. The first kappa shape index (κ1) is 18.2. The Balaban J connectivity index is 1.32. The number of hydrogen-bond donors (Lipinski definition) is 0. The molecule has 0 atom stereocenters. The standard InChI is InChI=1S/C21H26N4O2S/c1-2-27-18-6-4-3-5-17(18)25-20(22-23-24-25)28-13-19(26)21-10-14-7-15(11-21)9-16(8-14)12-21/h3-6,14-16H,2,7-13H2,1H3. The largest absolute Gasteiger partial charge is 0.492 e. The van der Waals surface area contributed by atoms with Gasteiger partial charge in [0.25, 0.3) is 0 Å². The highest BCUT2D eigenvalue weighted by atomic mass is 32.2. The third-order valence-corrected chi connectivity index (χ3v) is 7.72. The van der Waals surface area contributed by atoms with E-state index < -0.39 is 0 Å². The number of carbonyl (C=O) groups excluding carboxylic acids is 1. The number of ketones is 1. The van der Waals surface area contributed by atoms with Crippen LogP contribution in [-0.2, 0) is 4.79 Å². The lowest BCUT2D eigenvalue weighted by Crippen LogP contribution is -2.50. The Hall–Kier alpha value is -1.89. The summed E-state index contributed by atoms with van der Waals surface area (Å²) in [5.74, 6) is 3.94. The Morgan fingerprint density at radius 3 is 2.54 bits per heavy atom. The Labute approximate surface area is 169 Å². The second-order valence-electron chi connectivity index (χ2n) is 8.68. The monoisotopic (exact) mass is 398 g/mol. The molecule has 7 heteroatoms. The maximum absolute atomic E-state index is 13.3. The van der Waals surface area contributed by atoms with Gasteiger partial charge in [-0.25, -0.2) is 0 Å². The number of aromatic nitrogens is 4. The summed E-state index contributed by atoms with van der Waals surface area (Å²) >= 11 is 1.45. The highest BCUT2D eigenvalue weighted by molar-refractivity contribution is 7.99. The summed E-state index contributed by atoms with van der Waals surface area (Å²) < 4.78 is 7.40. The van der Waals surface area contributed by atoms with E-state index in [1.54, 1.807) is 4.68 Å². The molecule has 4 aliphatic carbocycles. The molecule has 6 rings (SSSR count). The van der Waals surface area contributed by atoms with Gasteiger partial charge in [0.2, 0.25) is 5.16 Å². The zero-order valence-corrected chi connectivity index (χ0v) is 17.0. The van der Waals surface area contributed by atoms with Crippen LogP contribution in [0, 0.1) is 23.2 Å². The molecule has 0 radical (unpaired) electrons. The topological polar surface area (TPSA) is 69.9 Å². The van der Waals surface area contributed by atoms with E-state index in [1.165, 1.54) is 31.0 Å². The first-order chi connectivity index (χ1) is 13.7. The molecule has 1 heterocycles. The molecule has 0 amide bonds. The van der Waals surface area contributed by atoms with Gasteiger partial charge in [-0.15, -0.1) is 5.10 Å². The highest BCUT2D eigenvalue weighted by Gasteiger charge is 2.54. The van der Waals surface area contributed by atoms with Crippen molar-refractivity contribution in [1.82, 2.24) is 20.2 Å². The molecule has 4 aliphatic rings. The minimum absolute atomic E-state index is 0.0662. The van der Waals surface area contributed by atoms with E-state index in [0.29, 0.717) is 23.3 Å². The average Bonchev–Trinajstić information content (AvgIpc) is 3.14. The molecular weight excluding hydrogens is 372 g/mol. The van der Waals surface area contributed by atoms with Gasteiger partial charge in [0.05, 0.1) is 12.4 Å². The van der Waals surface area contributed by atoms with Gasteiger partial charge < -0.3 is 4.74 Å². The molecule has 2 aromatic rings. The van der Waals surface area contributed by atoms with Crippen LogP contribution in [0.4, 0.5) is 0 Å². The van der Waals surface area contributed by atoms with E-state index in [9.17, 15) is 4.79 Å². The summed E-state index contributed by atoms with van der Waals surface area (Å²) in [4.78, 5) is 13.3. The van der Waals surface area contributed by atoms with Crippen LogP contribution in [0.1, 0.15) is 45.4 Å². The third kappa shape index (κ3) is 3.13. The van der Waals surface area contributed by atoms with Gasteiger partial charge in [-0.3, -0.25) is 4.79 Å². The summed E-state index contributed by atoms with van der Waals surface area (Å²) in [7, 11) is 0. The lowest BCUT2D eigenvalue weighted by atomic mass is 9.48. The van der Waals surface area contributed by atoms with Crippen molar-refractivity contribution in [2.24, 2.45) is 23.2 Å². The number of nitrogens with zero attached hydrogens (tertiary/aromatic N) is 4. The van der Waals surface area contributed by atoms with E-state index >= 15 is 0 Å². The number of Topliss-reactive ketones (excluding diaryl/α,β-unsaturated/α-hetero) is 1. The number of benzene rings is 1. The molecule has 148 valence electrons.